The predicted molar refractivity (Wildman–Crippen MR) is 75.7 cm³/mol. The third kappa shape index (κ3) is 5.77. The van der Waals surface area contributed by atoms with Crippen LogP contribution < -0.4 is 5.32 Å². The Morgan fingerprint density at radius 3 is 2.90 bits per heavy atom. The third-order valence-corrected chi connectivity index (χ3v) is 3.58. The standard InChI is InChI=1S/C14H26N2O4/c1-3-20-12-7-5-9-16(10-12)14(19)15-8-4-6-11(2)13(17)18/h11-12H,3-10H2,1-2H3,(H,15,19)(H,17,18). The number of hydrogen-bond donors (Lipinski definition) is 2. The number of likely N-dealkylation sites (tertiary alicyclic amines) is 1. The molecule has 2 unspecified atom stereocenters. The van der Waals surface area contributed by atoms with Gasteiger partial charge in [-0.05, 0) is 32.6 Å². The fraction of sp³-hybridized carbons (Fsp3) is 0.857. The van der Waals surface area contributed by atoms with E-state index >= 15 is 0 Å². The number of piperidine rings is 1. The summed E-state index contributed by atoms with van der Waals surface area (Å²) in [4.78, 5) is 24.4. The molecule has 1 aliphatic heterocycles. The van der Waals surface area contributed by atoms with Crippen LogP contribution in [0.3, 0.4) is 0 Å². The Morgan fingerprint density at radius 2 is 2.25 bits per heavy atom. The molecule has 2 amide bonds. The van der Waals surface area contributed by atoms with E-state index in [4.69, 9.17) is 9.84 Å². The van der Waals surface area contributed by atoms with E-state index in [1.807, 2.05) is 6.92 Å². The van der Waals surface area contributed by atoms with Gasteiger partial charge in [0.2, 0.25) is 0 Å². The second kappa shape index (κ2) is 8.79. The number of carboxylic acids is 1. The molecule has 0 saturated carbocycles. The summed E-state index contributed by atoms with van der Waals surface area (Å²) in [5, 5.41) is 11.6. The predicted octanol–water partition coefficient (Wildman–Crippen LogP) is 1.70. The van der Waals surface area contributed by atoms with Crippen LogP contribution in [0.25, 0.3) is 0 Å². The molecule has 1 fully saturated rings. The van der Waals surface area contributed by atoms with Crippen molar-refractivity contribution >= 4 is 12.0 Å². The van der Waals surface area contributed by atoms with Gasteiger partial charge in [0.1, 0.15) is 0 Å². The lowest BCUT2D eigenvalue weighted by molar-refractivity contribution is -0.141. The molecule has 20 heavy (non-hydrogen) atoms. The normalized spacial score (nSPS) is 20.5. The average Bonchev–Trinajstić information content (AvgIpc) is 2.43. The van der Waals surface area contributed by atoms with Gasteiger partial charge in [-0.3, -0.25) is 4.79 Å². The molecule has 0 bridgehead atoms. The van der Waals surface area contributed by atoms with Crippen molar-refractivity contribution in [3.8, 4) is 0 Å². The van der Waals surface area contributed by atoms with E-state index in [9.17, 15) is 9.59 Å². The second-order valence-corrected chi connectivity index (χ2v) is 5.28. The van der Waals surface area contributed by atoms with Crippen LogP contribution in [0.15, 0.2) is 0 Å². The molecule has 0 aromatic carbocycles. The van der Waals surface area contributed by atoms with Crippen molar-refractivity contribution in [3.63, 3.8) is 0 Å². The highest BCUT2D eigenvalue weighted by atomic mass is 16.5. The Bertz CT molecular complexity index is 320. The van der Waals surface area contributed by atoms with Crippen LogP contribution >= 0.6 is 0 Å². The van der Waals surface area contributed by atoms with Crippen LogP contribution in [0.2, 0.25) is 0 Å². The summed E-state index contributed by atoms with van der Waals surface area (Å²) in [6.45, 7) is 6.25. The highest BCUT2D eigenvalue weighted by Crippen LogP contribution is 2.13. The molecule has 0 aliphatic carbocycles. The summed E-state index contributed by atoms with van der Waals surface area (Å²) in [6.07, 6.45) is 3.38. The van der Waals surface area contributed by atoms with Crippen LogP contribution in [0.4, 0.5) is 4.79 Å². The molecule has 0 aromatic heterocycles. The van der Waals surface area contributed by atoms with Gasteiger partial charge < -0.3 is 20.1 Å². The summed E-state index contributed by atoms with van der Waals surface area (Å²) in [5.41, 5.74) is 0. The third-order valence-electron chi connectivity index (χ3n) is 3.58. The number of carbonyl (C=O) groups excluding carboxylic acids is 1. The Hall–Kier alpha value is -1.30. The first kappa shape index (κ1) is 16.8. The maximum Gasteiger partial charge on any atom is 0.317 e. The van der Waals surface area contributed by atoms with E-state index in [1.165, 1.54) is 0 Å². The van der Waals surface area contributed by atoms with Crippen molar-refractivity contribution in [2.75, 3.05) is 26.2 Å². The Labute approximate surface area is 120 Å². The summed E-state index contributed by atoms with van der Waals surface area (Å²) in [6, 6.07) is -0.0719. The lowest BCUT2D eigenvalue weighted by Gasteiger charge is -2.32. The average molecular weight is 286 g/mol. The lowest BCUT2D eigenvalue weighted by atomic mass is 10.1. The number of nitrogens with zero attached hydrogens (tertiary/aromatic N) is 1. The zero-order chi connectivity index (χ0) is 15.0. The molecular formula is C14H26N2O4. The highest BCUT2D eigenvalue weighted by molar-refractivity contribution is 5.74. The number of ether oxygens (including phenoxy) is 1. The van der Waals surface area contributed by atoms with Crippen LogP contribution in [0.1, 0.15) is 39.5 Å². The maximum absolute atomic E-state index is 12.0. The van der Waals surface area contributed by atoms with E-state index in [2.05, 4.69) is 5.32 Å². The van der Waals surface area contributed by atoms with E-state index < -0.39 is 5.97 Å². The van der Waals surface area contributed by atoms with Crippen molar-refractivity contribution in [1.82, 2.24) is 10.2 Å². The van der Waals surface area contributed by atoms with Crippen LogP contribution in [-0.2, 0) is 9.53 Å². The quantitative estimate of drug-likeness (QED) is 0.698. The molecular weight excluding hydrogens is 260 g/mol. The minimum absolute atomic E-state index is 0.0719. The first-order chi connectivity index (χ1) is 9.54. The fourth-order valence-electron chi connectivity index (χ4n) is 2.33. The van der Waals surface area contributed by atoms with Crippen molar-refractivity contribution < 1.29 is 19.4 Å². The second-order valence-electron chi connectivity index (χ2n) is 5.28. The van der Waals surface area contributed by atoms with Gasteiger partial charge in [-0.15, -0.1) is 0 Å². The topological polar surface area (TPSA) is 78.9 Å². The van der Waals surface area contributed by atoms with Crippen LogP contribution in [-0.4, -0.2) is 54.4 Å². The van der Waals surface area contributed by atoms with Gasteiger partial charge in [-0.1, -0.05) is 6.92 Å². The number of nitrogens with one attached hydrogen (secondary N) is 1. The van der Waals surface area contributed by atoms with E-state index in [0.29, 0.717) is 32.5 Å². The van der Waals surface area contributed by atoms with Crippen molar-refractivity contribution in [2.45, 2.75) is 45.6 Å². The Balaban J connectivity index is 2.20. The molecule has 0 aromatic rings. The number of carbonyl (C=O) groups is 2. The fourth-order valence-corrected chi connectivity index (χ4v) is 2.33. The summed E-state index contributed by atoms with van der Waals surface area (Å²) in [5.74, 6) is -1.14. The molecule has 6 heteroatoms. The molecule has 2 atom stereocenters. The van der Waals surface area contributed by atoms with Crippen molar-refractivity contribution in [1.29, 1.82) is 0 Å². The molecule has 1 aliphatic rings. The molecule has 2 N–H and O–H groups in total. The van der Waals surface area contributed by atoms with Gasteiger partial charge in [0.25, 0.3) is 0 Å². The number of carboxylic acid groups (broad SMARTS) is 1. The minimum Gasteiger partial charge on any atom is -0.481 e. The minimum atomic E-state index is -0.785. The van der Waals surface area contributed by atoms with Crippen molar-refractivity contribution in [2.24, 2.45) is 5.92 Å². The molecule has 0 spiro atoms. The zero-order valence-corrected chi connectivity index (χ0v) is 12.4. The molecule has 1 rings (SSSR count). The maximum atomic E-state index is 12.0. The van der Waals surface area contributed by atoms with Gasteiger partial charge in [0.05, 0.1) is 12.0 Å². The summed E-state index contributed by atoms with van der Waals surface area (Å²) < 4.78 is 5.56. The number of rotatable bonds is 7. The number of aliphatic carboxylic acids is 1. The monoisotopic (exact) mass is 286 g/mol. The first-order valence-corrected chi connectivity index (χ1v) is 7.41. The van der Waals surface area contributed by atoms with Crippen LogP contribution in [0, 0.1) is 5.92 Å². The van der Waals surface area contributed by atoms with Gasteiger partial charge in [0, 0.05) is 26.2 Å². The van der Waals surface area contributed by atoms with Gasteiger partial charge in [0.15, 0.2) is 0 Å². The number of urea groups is 1. The molecule has 0 radical (unpaired) electrons. The van der Waals surface area contributed by atoms with E-state index in [1.54, 1.807) is 11.8 Å². The van der Waals surface area contributed by atoms with Gasteiger partial charge in [-0.25, -0.2) is 4.79 Å². The summed E-state index contributed by atoms with van der Waals surface area (Å²) in [7, 11) is 0. The van der Waals surface area contributed by atoms with Gasteiger partial charge in [-0.2, -0.15) is 0 Å². The van der Waals surface area contributed by atoms with E-state index in [-0.39, 0.29) is 18.1 Å². The molecule has 6 nitrogen and oxygen atoms in total. The SMILES string of the molecule is CCOC1CCCN(C(=O)NCCCC(C)C(=O)O)C1. The highest BCUT2D eigenvalue weighted by Gasteiger charge is 2.23. The number of amides is 2. The van der Waals surface area contributed by atoms with Gasteiger partial charge >= 0.3 is 12.0 Å². The largest absolute Gasteiger partial charge is 0.481 e. The van der Waals surface area contributed by atoms with Crippen LogP contribution in [0.5, 0.6) is 0 Å². The summed E-state index contributed by atoms with van der Waals surface area (Å²) >= 11 is 0. The zero-order valence-electron chi connectivity index (χ0n) is 12.4. The van der Waals surface area contributed by atoms with E-state index in [0.717, 1.165) is 19.4 Å². The Morgan fingerprint density at radius 1 is 1.50 bits per heavy atom. The molecule has 116 valence electrons. The first-order valence-electron chi connectivity index (χ1n) is 7.41. The molecule has 1 saturated heterocycles. The smallest absolute Gasteiger partial charge is 0.317 e. The Kier molecular flexibility index (Phi) is 7.36. The molecule has 1 heterocycles. The lowest BCUT2D eigenvalue weighted by Crippen LogP contribution is -2.48. The number of hydrogen-bond acceptors (Lipinski definition) is 3. The van der Waals surface area contributed by atoms with Crippen molar-refractivity contribution in [3.05, 3.63) is 0 Å².